The van der Waals surface area contributed by atoms with Gasteiger partial charge < -0.3 is 10.2 Å². The Labute approximate surface area is 88.1 Å². The summed E-state index contributed by atoms with van der Waals surface area (Å²) in [5.41, 5.74) is 0. The second-order valence-electron chi connectivity index (χ2n) is 4.91. The molecule has 1 N–H and O–H groups in total. The van der Waals surface area contributed by atoms with Gasteiger partial charge >= 0.3 is 0 Å². The summed E-state index contributed by atoms with van der Waals surface area (Å²) in [5, 5.41) is 3.35. The number of rotatable bonds is 3. The predicted octanol–water partition coefficient (Wildman–Crippen LogP) is 1.86. The third-order valence-electron chi connectivity index (χ3n) is 3.94. The summed E-state index contributed by atoms with van der Waals surface area (Å²) in [6.07, 6.45) is 8.67. The van der Waals surface area contributed by atoms with Crippen molar-refractivity contribution in [2.75, 3.05) is 26.7 Å². The second kappa shape index (κ2) is 5.13. The van der Waals surface area contributed by atoms with Gasteiger partial charge in [0.05, 0.1) is 0 Å². The molecule has 1 aliphatic carbocycles. The third-order valence-corrected chi connectivity index (χ3v) is 3.94. The topological polar surface area (TPSA) is 15.3 Å². The summed E-state index contributed by atoms with van der Waals surface area (Å²) in [4.78, 5) is 2.76. The first-order valence-corrected chi connectivity index (χ1v) is 6.30. The molecule has 1 saturated carbocycles. The first kappa shape index (κ1) is 10.4. The summed E-state index contributed by atoms with van der Waals surface area (Å²) < 4.78 is 0. The molecule has 0 aromatic carbocycles. The van der Waals surface area contributed by atoms with Crippen molar-refractivity contribution in [1.82, 2.24) is 10.2 Å². The SMILES string of the molecule is CNCC1CCCC1N1CCCCC1. The summed E-state index contributed by atoms with van der Waals surface area (Å²) in [7, 11) is 2.09. The minimum atomic E-state index is 0.905. The maximum atomic E-state index is 3.35. The Morgan fingerprint density at radius 2 is 1.86 bits per heavy atom. The van der Waals surface area contributed by atoms with Gasteiger partial charge in [0.1, 0.15) is 0 Å². The highest BCUT2D eigenvalue weighted by atomic mass is 15.2. The van der Waals surface area contributed by atoms with Crippen molar-refractivity contribution in [3.05, 3.63) is 0 Å². The largest absolute Gasteiger partial charge is 0.319 e. The van der Waals surface area contributed by atoms with Crippen molar-refractivity contribution in [3.8, 4) is 0 Å². The molecular formula is C12H24N2. The molecule has 2 fully saturated rings. The minimum Gasteiger partial charge on any atom is -0.319 e. The van der Waals surface area contributed by atoms with E-state index in [2.05, 4.69) is 17.3 Å². The molecule has 0 spiro atoms. The van der Waals surface area contributed by atoms with E-state index in [-0.39, 0.29) is 0 Å². The van der Waals surface area contributed by atoms with Gasteiger partial charge in [-0.05, 0) is 58.3 Å². The quantitative estimate of drug-likeness (QED) is 0.741. The average molecular weight is 196 g/mol. The van der Waals surface area contributed by atoms with Crippen molar-refractivity contribution in [2.24, 2.45) is 5.92 Å². The zero-order chi connectivity index (χ0) is 9.80. The number of hydrogen-bond donors (Lipinski definition) is 1. The van der Waals surface area contributed by atoms with Crippen LogP contribution in [-0.2, 0) is 0 Å². The molecular weight excluding hydrogens is 172 g/mol. The first-order chi connectivity index (χ1) is 6.92. The Kier molecular flexibility index (Phi) is 3.82. The van der Waals surface area contributed by atoms with Crippen molar-refractivity contribution >= 4 is 0 Å². The van der Waals surface area contributed by atoms with Crippen LogP contribution in [0, 0.1) is 5.92 Å². The van der Waals surface area contributed by atoms with E-state index >= 15 is 0 Å². The predicted molar refractivity (Wildman–Crippen MR) is 60.5 cm³/mol. The lowest BCUT2D eigenvalue weighted by Gasteiger charge is -2.35. The number of likely N-dealkylation sites (tertiary alicyclic amines) is 1. The van der Waals surface area contributed by atoms with Gasteiger partial charge in [0, 0.05) is 6.04 Å². The molecule has 82 valence electrons. The molecule has 0 amide bonds. The Morgan fingerprint density at radius 1 is 1.07 bits per heavy atom. The molecule has 1 heterocycles. The normalized spacial score (nSPS) is 34.9. The first-order valence-electron chi connectivity index (χ1n) is 6.30. The van der Waals surface area contributed by atoms with Gasteiger partial charge in [-0.1, -0.05) is 12.8 Å². The number of nitrogens with one attached hydrogen (secondary N) is 1. The van der Waals surface area contributed by atoms with Crippen molar-refractivity contribution < 1.29 is 0 Å². The Hall–Kier alpha value is -0.0800. The summed E-state index contributed by atoms with van der Waals surface area (Å²) >= 11 is 0. The molecule has 0 radical (unpaired) electrons. The van der Waals surface area contributed by atoms with E-state index in [1.165, 1.54) is 58.2 Å². The van der Waals surface area contributed by atoms with Gasteiger partial charge in [0.2, 0.25) is 0 Å². The number of hydrogen-bond acceptors (Lipinski definition) is 2. The fourth-order valence-electron chi connectivity index (χ4n) is 3.25. The average Bonchev–Trinajstić information content (AvgIpc) is 2.68. The minimum absolute atomic E-state index is 0.905. The van der Waals surface area contributed by atoms with Crippen LogP contribution in [0.3, 0.4) is 0 Å². The van der Waals surface area contributed by atoms with Crippen LogP contribution in [-0.4, -0.2) is 37.6 Å². The van der Waals surface area contributed by atoms with Crippen LogP contribution < -0.4 is 5.32 Å². The maximum absolute atomic E-state index is 3.35. The molecule has 1 aliphatic heterocycles. The van der Waals surface area contributed by atoms with Gasteiger partial charge in [-0.2, -0.15) is 0 Å². The molecule has 0 aromatic rings. The fourth-order valence-corrected chi connectivity index (χ4v) is 3.25. The molecule has 2 nitrogen and oxygen atoms in total. The molecule has 1 saturated heterocycles. The Bertz CT molecular complexity index is 164. The molecule has 2 unspecified atom stereocenters. The summed E-state index contributed by atoms with van der Waals surface area (Å²) in [6, 6.07) is 0.905. The van der Waals surface area contributed by atoms with Gasteiger partial charge in [0.25, 0.3) is 0 Å². The van der Waals surface area contributed by atoms with E-state index in [1.807, 2.05) is 0 Å². The van der Waals surface area contributed by atoms with E-state index in [0.29, 0.717) is 0 Å². The fraction of sp³-hybridized carbons (Fsp3) is 1.00. The molecule has 14 heavy (non-hydrogen) atoms. The van der Waals surface area contributed by atoms with Crippen molar-refractivity contribution in [2.45, 2.75) is 44.6 Å². The smallest absolute Gasteiger partial charge is 0.0136 e. The van der Waals surface area contributed by atoms with Crippen LogP contribution in [0.2, 0.25) is 0 Å². The van der Waals surface area contributed by atoms with Crippen LogP contribution in [0.15, 0.2) is 0 Å². The standard InChI is InChI=1S/C12H24N2/c1-13-10-11-6-5-7-12(11)14-8-3-2-4-9-14/h11-13H,2-10H2,1H3. The van der Waals surface area contributed by atoms with E-state index in [1.54, 1.807) is 0 Å². The van der Waals surface area contributed by atoms with Crippen LogP contribution >= 0.6 is 0 Å². The van der Waals surface area contributed by atoms with E-state index in [0.717, 1.165) is 12.0 Å². The summed E-state index contributed by atoms with van der Waals surface area (Å²) in [6.45, 7) is 3.96. The molecule has 2 heteroatoms. The number of piperidine rings is 1. The summed E-state index contributed by atoms with van der Waals surface area (Å²) in [5.74, 6) is 0.929. The highest BCUT2D eigenvalue weighted by Gasteiger charge is 2.31. The second-order valence-corrected chi connectivity index (χ2v) is 4.91. The zero-order valence-corrected chi connectivity index (χ0v) is 9.47. The zero-order valence-electron chi connectivity index (χ0n) is 9.47. The lowest BCUT2D eigenvalue weighted by Crippen LogP contribution is -2.43. The number of nitrogens with zero attached hydrogens (tertiary/aromatic N) is 1. The molecule has 2 rings (SSSR count). The lowest BCUT2D eigenvalue weighted by atomic mass is 9.99. The van der Waals surface area contributed by atoms with Gasteiger partial charge in [-0.3, -0.25) is 0 Å². The molecule has 0 bridgehead atoms. The van der Waals surface area contributed by atoms with Crippen molar-refractivity contribution in [3.63, 3.8) is 0 Å². The highest BCUT2D eigenvalue weighted by Crippen LogP contribution is 2.31. The van der Waals surface area contributed by atoms with Crippen LogP contribution in [0.5, 0.6) is 0 Å². The Balaban J connectivity index is 1.87. The maximum Gasteiger partial charge on any atom is 0.0136 e. The van der Waals surface area contributed by atoms with Gasteiger partial charge in [0.15, 0.2) is 0 Å². The highest BCUT2D eigenvalue weighted by molar-refractivity contribution is 4.87. The van der Waals surface area contributed by atoms with E-state index < -0.39 is 0 Å². The van der Waals surface area contributed by atoms with E-state index in [9.17, 15) is 0 Å². The molecule has 2 aliphatic rings. The Morgan fingerprint density at radius 3 is 2.57 bits per heavy atom. The van der Waals surface area contributed by atoms with Crippen LogP contribution in [0.1, 0.15) is 38.5 Å². The van der Waals surface area contributed by atoms with Gasteiger partial charge in [-0.15, -0.1) is 0 Å². The van der Waals surface area contributed by atoms with Crippen LogP contribution in [0.4, 0.5) is 0 Å². The van der Waals surface area contributed by atoms with Gasteiger partial charge in [-0.25, -0.2) is 0 Å². The third kappa shape index (κ3) is 2.29. The van der Waals surface area contributed by atoms with Crippen molar-refractivity contribution in [1.29, 1.82) is 0 Å². The van der Waals surface area contributed by atoms with E-state index in [4.69, 9.17) is 0 Å². The lowest BCUT2D eigenvalue weighted by molar-refractivity contribution is 0.132. The monoisotopic (exact) mass is 196 g/mol. The molecule has 0 aromatic heterocycles. The molecule has 2 atom stereocenters. The van der Waals surface area contributed by atoms with Crippen LogP contribution in [0.25, 0.3) is 0 Å².